The van der Waals surface area contributed by atoms with Gasteiger partial charge in [-0.25, -0.2) is 0 Å². The van der Waals surface area contributed by atoms with Crippen LogP contribution in [0.1, 0.15) is 72.5 Å². The fourth-order valence-corrected chi connectivity index (χ4v) is 9.13. The summed E-state index contributed by atoms with van der Waals surface area (Å²) < 4.78 is 12.4. The lowest BCUT2D eigenvalue weighted by Gasteiger charge is -2.46. The molecule has 262 valence electrons. The van der Waals surface area contributed by atoms with Crippen molar-refractivity contribution in [1.82, 2.24) is 9.80 Å². The largest absolute Gasteiger partial charge is 0.491 e. The quantitative estimate of drug-likeness (QED) is 0.226. The zero-order valence-corrected chi connectivity index (χ0v) is 28.5. The Morgan fingerprint density at radius 1 is 0.784 bits per heavy atom. The summed E-state index contributed by atoms with van der Waals surface area (Å²) in [7, 11) is 0. The van der Waals surface area contributed by atoms with Crippen molar-refractivity contribution in [3.05, 3.63) is 131 Å². The topological polar surface area (TPSA) is 108 Å². The number of nitrogens with zero attached hydrogens (tertiary/aromatic N) is 2. The number of morpholine rings is 1. The smallest absolute Gasteiger partial charge is 0.324 e. The molecule has 0 aromatic heterocycles. The van der Waals surface area contributed by atoms with E-state index in [1.165, 1.54) is 0 Å². The number of fused-ring (bicyclic) bond motifs is 3. The second kappa shape index (κ2) is 14.0. The van der Waals surface area contributed by atoms with Crippen molar-refractivity contribution in [2.75, 3.05) is 31.6 Å². The maximum Gasteiger partial charge on any atom is 0.324 e. The molecule has 8 rings (SSSR count). The van der Waals surface area contributed by atoms with E-state index in [-0.39, 0.29) is 25.0 Å². The molecule has 3 saturated heterocycles. The normalized spacial score (nSPS) is 27.5. The molecule has 4 heterocycles. The fourth-order valence-electron chi connectivity index (χ4n) is 9.13. The van der Waals surface area contributed by atoms with Crippen molar-refractivity contribution in [2.45, 2.75) is 61.7 Å². The van der Waals surface area contributed by atoms with Gasteiger partial charge in [0.2, 0.25) is 11.8 Å². The highest BCUT2D eigenvalue weighted by molar-refractivity contribution is 6.12. The van der Waals surface area contributed by atoms with Gasteiger partial charge < -0.3 is 24.8 Å². The molecule has 0 radical (unpaired) electrons. The minimum Gasteiger partial charge on any atom is -0.491 e. The van der Waals surface area contributed by atoms with E-state index in [1.54, 1.807) is 0 Å². The zero-order valence-electron chi connectivity index (χ0n) is 28.5. The van der Waals surface area contributed by atoms with Gasteiger partial charge in [0, 0.05) is 18.8 Å². The Kier molecular flexibility index (Phi) is 9.08. The molecule has 4 aromatic carbocycles. The second-order valence-corrected chi connectivity index (χ2v) is 14.0. The predicted octanol–water partition coefficient (Wildman–Crippen LogP) is 6.12. The first-order valence-electron chi connectivity index (χ1n) is 18.1. The van der Waals surface area contributed by atoms with Crippen LogP contribution < -0.4 is 10.1 Å². The van der Waals surface area contributed by atoms with E-state index in [2.05, 4.69) is 10.2 Å². The van der Waals surface area contributed by atoms with Crippen molar-refractivity contribution in [1.29, 1.82) is 0 Å². The molecule has 4 aliphatic rings. The van der Waals surface area contributed by atoms with Gasteiger partial charge in [-0.15, -0.1) is 0 Å². The molecule has 51 heavy (non-hydrogen) atoms. The Morgan fingerprint density at radius 2 is 1.43 bits per heavy atom. The van der Waals surface area contributed by atoms with Gasteiger partial charge in [-0.2, -0.15) is 0 Å². The number of rotatable bonds is 7. The third-order valence-corrected chi connectivity index (χ3v) is 11.2. The molecule has 1 spiro atoms. The summed E-state index contributed by atoms with van der Waals surface area (Å²) in [6, 6.07) is 32.3. The lowest BCUT2D eigenvalue weighted by molar-refractivity contribution is -0.179. The van der Waals surface area contributed by atoms with E-state index in [0.717, 1.165) is 48.8 Å². The number of likely N-dealkylation sites (tertiary alicyclic amines) is 1. The number of cyclic esters (lactones) is 1. The first kappa shape index (κ1) is 33.2. The molecular formula is C42H43N3O6. The van der Waals surface area contributed by atoms with Crippen molar-refractivity contribution in [3.8, 4) is 5.75 Å². The first-order chi connectivity index (χ1) is 25.0. The van der Waals surface area contributed by atoms with Gasteiger partial charge >= 0.3 is 5.97 Å². The van der Waals surface area contributed by atoms with Crippen molar-refractivity contribution in [2.24, 2.45) is 5.92 Å². The molecule has 0 bridgehead atoms. The lowest BCUT2D eigenvalue weighted by Crippen LogP contribution is -2.55. The molecule has 0 unspecified atom stereocenters. The molecule has 9 heteroatoms. The number of benzene rings is 4. The first-order valence-corrected chi connectivity index (χ1v) is 18.1. The molecule has 3 fully saturated rings. The highest BCUT2D eigenvalue weighted by Gasteiger charge is 2.74. The molecule has 2 amide bonds. The number of nitrogens with one attached hydrogen (secondary N) is 1. The number of esters is 1. The monoisotopic (exact) mass is 685 g/mol. The van der Waals surface area contributed by atoms with Crippen LogP contribution in [-0.4, -0.2) is 65.0 Å². The SMILES string of the molecule is O=C1O[C@H](c2ccccc2)[C@H](c2ccccc2)N2[C@H]1[C@@H](C(=O)N1CCCCCCC1)[C@]1(C(=O)Nc3ccccc31)[C@H]2c1cccc(OCCO)c1. The van der Waals surface area contributed by atoms with E-state index >= 15 is 9.59 Å². The van der Waals surface area contributed by atoms with Crippen LogP contribution in [0.25, 0.3) is 0 Å². The van der Waals surface area contributed by atoms with Gasteiger partial charge in [0.1, 0.15) is 29.9 Å². The number of aliphatic hydroxyl groups excluding tert-OH is 1. The lowest BCUT2D eigenvalue weighted by atomic mass is 9.65. The Labute approximate surface area is 298 Å². The molecular weight excluding hydrogens is 642 g/mol. The Hall–Kier alpha value is -4.99. The van der Waals surface area contributed by atoms with Crippen LogP contribution in [0.4, 0.5) is 5.69 Å². The summed E-state index contributed by atoms with van der Waals surface area (Å²) in [5.74, 6) is -1.59. The third kappa shape index (κ3) is 5.59. The van der Waals surface area contributed by atoms with Gasteiger partial charge in [0.25, 0.3) is 0 Å². The van der Waals surface area contributed by atoms with E-state index in [0.29, 0.717) is 30.1 Å². The van der Waals surface area contributed by atoms with Gasteiger partial charge in [-0.05, 0) is 53.3 Å². The van der Waals surface area contributed by atoms with E-state index in [9.17, 15) is 9.90 Å². The van der Waals surface area contributed by atoms with Crippen LogP contribution in [0, 0.1) is 5.92 Å². The van der Waals surface area contributed by atoms with Crippen molar-refractivity contribution in [3.63, 3.8) is 0 Å². The van der Waals surface area contributed by atoms with E-state index in [1.807, 2.05) is 114 Å². The number of hydrogen-bond acceptors (Lipinski definition) is 7. The molecule has 6 atom stereocenters. The Morgan fingerprint density at radius 3 is 2.16 bits per heavy atom. The summed E-state index contributed by atoms with van der Waals surface area (Å²) in [6.07, 6.45) is 4.19. The molecule has 4 aromatic rings. The number of carbonyl (C=O) groups excluding carboxylic acids is 3. The average Bonchev–Trinajstić information content (AvgIpc) is 3.63. The summed E-state index contributed by atoms with van der Waals surface area (Å²) in [4.78, 5) is 49.5. The predicted molar refractivity (Wildman–Crippen MR) is 192 cm³/mol. The highest BCUT2D eigenvalue weighted by Crippen LogP contribution is 2.65. The van der Waals surface area contributed by atoms with E-state index < -0.39 is 41.5 Å². The Bertz CT molecular complexity index is 1900. The molecule has 0 saturated carbocycles. The van der Waals surface area contributed by atoms with Crippen LogP contribution in [0.5, 0.6) is 5.75 Å². The van der Waals surface area contributed by atoms with Crippen LogP contribution in [0.3, 0.4) is 0 Å². The summed E-state index contributed by atoms with van der Waals surface area (Å²) in [5.41, 5.74) is 2.29. The number of aliphatic hydroxyl groups is 1. The molecule has 0 aliphatic carbocycles. The summed E-state index contributed by atoms with van der Waals surface area (Å²) in [5, 5.41) is 12.7. The highest BCUT2D eigenvalue weighted by atomic mass is 16.6. The minimum atomic E-state index is -1.49. The number of hydrogen-bond donors (Lipinski definition) is 2. The number of anilines is 1. The van der Waals surface area contributed by atoms with Gasteiger partial charge in [0.05, 0.1) is 24.6 Å². The minimum absolute atomic E-state index is 0.0973. The standard InChI is InChI=1S/C42H43N3O6/c46-25-26-50-31-20-14-19-30(27-31)38-42(32-21-10-11-22-33(32)43-41(42)49)34(39(47)44-23-12-2-1-3-13-24-44)36-40(48)51-37(29-17-8-5-9-18-29)35(45(36)38)28-15-6-4-7-16-28/h4-11,14-22,27,34-38,46H,1-3,12-13,23-26H2,(H,43,49)/t34-,35-,36-,37+,38+,42-/m0/s1. The van der Waals surface area contributed by atoms with Gasteiger partial charge in [0.15, 0.2) is 0 Å². The number of carbonyl (C=O) groups is 3. The molecule has 4 aliphatic heterocycles. The van der Waals surface area contributed by atoms with Crippen LogP contribution in [-0.2, 0) is 24.5 Å². The summed E-state index contributed by atoms with van der Waals surface area (Å²) in [6.45, 7) is 1.08. The van der Waals surface area contributed by atoms with Gasteiger partial charge in [-0.3, -0.25) is 19.3 Å². The number of amides is 2. The number of ether oxygens (including phenoxy) is 2. The maximum absolute atomic E-state index is 15.4. The fraction of sp³-hybridized carbons (Fsp3) is 0.357. The van der Waals surface area contributed by atoms with Crippen LogP contribution >= 0.6 is 0 Å². The number of para-hydroxylation sites is 1. The summed E-state index contributed by atoms with van der Waals surface area (Å²) >= 11 is 0. The molecule has 2 N–H and O–H groups in total. The van der Waals surface area contributed by atoms with Crippen molar-refractivity contribution >= 4 is 23.5 Å². The maximum atomic E-state index is 15.4. The van der Waals surface area contributed by atoms with Gasteiger partial charge in [-0.1, -0.05) is 110 Å². The second-order valence-electron chi connectivity index (χ2n) is 14.0. The van der Waals surface area contributed by atoms with Crippen molar-refractivity contribution < 1.29 is 29.0 Å². The molecule has 9 nitrogen and oxygen atoms in total. The third-order valence-electron chi connectivity index (χ3n) is 11.2. The average molecular weight is 686 g/mol. The Balaban J connectivity index is 1.41. The zero-order chi connectivity index (χ0) is 35.0. The van der Waals surface area contributed by atoms with Crippen LogP contribution in [0.2, 0.25) is 0 Å². The van der Waals surface area contributed by atoms with Crippen LogP contribution in [0.15, 0.2) is 109 Å². The van der Waals surface area contributed by atoms with E-state index in [4.69, 9.17) is 9.47 Å².